The standard InChI is InChI=1S/C13H16N6O.ClH/c1-13(5-6-14-8-13)12(20)16-10-3-2-4-11(7-10)19-9-15-17-18-19;/h2-4,7,9,14H,5-6,8H2,1H3,(H,16,20);1H. The smallest absolute Gasteiger partial charge is 0.231 e. The van der Waals surface area contributed by atoms with Gasteiger partial charge in [-0.1, -0.05) is 6.07 Å². The van der Waals surface area contributed by atoms with Crippen molar-refractivity contribution in [3.8, 4) is 5.69 Å². The van der Waals surface area contributed by atoms with Gasteiger partial charge in [-0.2, -0.15) is 0 Å². The molecule has 2 heterocycles. The second kappa shape index (κ2) is 6.19. The van der Waals surface area contributed by atoms with Gasteiger partial charge in [0.25, 0.3) is 0 Å². The summed E-state index contributed by atoms with van der Waals surface area (Å²) in [6.07, 6.45) is 2.37. The minimum Gasteiger partial charge on any atom is -0.326 e. The third kappa shape index (κ3) is 3.20. The van der Waals surface area contributed by atoms with Gasteiger partial charge in [-0.3, -0.25) is 4.79 Å². The Morgan fingerprint density at radius 2 is 2.33 bits per heavy atom. The van der Waals surface area contributed by atoms with Crippen LogP contribution in [0, 0.1) is 5.41 Å². The van der Waals surface area contributed by atoms with E-state index in [2.05, 4.69) is 26.2 Å². The zero-order chi connectivity index (χ0) is 14.0. The van der Waals surface area contributed by atoms with E-state index < -0.39 is 0 Å². The predicted octanol–water partition coefficient (Wildman–Crippen LogP) is 1.02. The molecule has 8 heteroatoms. The van der Waals surface area contributed by atoms with Gasteiger partial charge in [-0.25, -0.2) is 4.68 Å². The van der Waals surface area contributed by atoms with E-state index in [0.29, 0.717) is 6.54 Å². The number of aromatic nitrogens is 4. The van der Waals surface area contributed by atoms with Crippen molar-refractivity contribution < 1.29 is 4.79 Å². The number of benzene rings is 1. The van der Waals surface area contributed by atoms with Crippen LogP contribution in [0.25, 0.3) is 5.69 Å². The zero-order valence-electron chi connectivity index (χ0n) is 11.6. The van der Waals surface area contributed by atoms with Crippen LogP contribution >= 0.6 is 12.4 Å². The van der Waals surface area contributed by atoms with Crippen molar-refractivity contribution in [2.24, 2.45) is 5.41 Å². The van der Waals surface area contributed by atoms with Crippen LogP contribution in [0.1, 0.15) is 13.3 Å². The van der Waals surface area contributed by atoms with Crippen LogP contribution in [-0.2, 0) is 4.79 Å². The van der Waals surface area contributed by atoms with Gasteiger partial charge in [-0.05, 0) is 48.5 Å². The minimum absolute atomic E-state index is 0. The normalized spacial score (nSPS) is 20.8. The monoisotopic (exact) mass is 308 g/mol. The van der Waals surface area contributed by atoms with Crippen molar-refractivity contribution in [2.45, 2.75) is 13.3 Å². The van der Waals surface area contributed by atoms with Crippen LogP contribution in [0.15, 0.2) is 30.6 Å². The van der Waals surface area contributed by atoms with Crippen LogP contribution in [0.5, 0.6) is 0 Å². The highest BCUT2D eigenvalue weighted by Gasteiger charge is 2.36. The Morgan fingerprint density at radius 1 is 1.48 bits per heavy atom. The molecule has 1 amide bonds. The Kier molecular flexibility index (Phi) is 4.54. The number of tetrazole rings is 1. The first-order valence-electron chi connectivity index (χ1n) is 6.53. The predicted molar refractivity (Wildman–Crippen MR) is 80.6 cm³/mol. The maximum Gasteiger partial charge on any atom is 0.231 e. The van der Waals surface area contributed by atoms with Gasteiger partial charge in [0.1, 0.15) is 6.33 Å². The molecule has 0 bridgehead atoms. The van der Waals surface area contributed by atoms with Gasteiger partial charge in [-0.15, -0.1) is 17.5 Å². The van der Waals surface area contributed by atoms with Gasteiger partial charge in [0.05, 0.1) is 11.1 Å². The Morgan fingerprint density at radius 3 is 3.00 bits per heavy atom. The molecule has 1 aliphatic heterocycles. The molecule has 1 fully saturated rings. The number of carbonyl (C=O) groups is 1. The number of carbonyl (C=O) groups excluding carboxylic acids is 1. The molecule has 1 unspecified atom stereocenters. The van der Waals surface area contributed by atoms with Crippen molar-refractivity contribution in [1.29, 1.82) is 0 Å². The molecular formula is C13H17ClN6O. The average Bonchev–Trinajstić information content (AvgIpc) is 3.11. The summed E-state index contributed by atoms with van der Waals surface area (Å²) in [6, 6.07) is 7.45. The van der Waals surface area contributed by atoms with Crippen LogP contribution in [-0.4, -0.2) is 39.2 Å². The van der Waals surface area contributed by atoms with E-state index in [1.54, 1.807) is 4.68 Å². The molecule has 0 spiro atoms. The molecule has 1 atom stereocenters. The van der Waals surface area contributed by atoms with Gasteiger partial charge in [0, 0.05) is 12.2 Å². The Balaban J connectivity index is 0.00000161. The number of hydrogen-bond donors (Lipinski definition) is 2. The summed E-state index contributed by atoms with van der Waals surface area (Å²) in [5, 5.41) is 17.2. The lowest BCUT2D eigenvalue weighted by atomic mass is 9.89. The van der Waals surface area contributed by atoms with Gasteiger partial charge in [0.15, 0.2) is 0 Å². The van der Waals surface area contributed by atoms with Gasteiger partial charge < -0.3 is 10.6 Å². The quantitative estimate of drug-likeness (QED) is 0.884. The van der Waals surface area contributed by atoms with Crippen molar-refractivity contribution in [3.63, 3.8) is 0 Å². The SMILES string of the molecule is CC1(C(=O)Nc2cccc(-n3cnnn3)c2)CCNC1.Cl. The molecule has 21 heavy (non-hydrogen) atoms. The Hall–Kier alpha value is -1.99. The van der Waals surface area contributed by atoms with E-state index >= 15 is 0 Å². The summed E-state index contributed by atoms with van der Waals surface area (Å²) >= 11 is 0. The summed E-state index contributed by atoms with van der Waals surface area (Å²) in [6.45, 7) is 3.58. The first-order valence-corrected chi connectivity index (χ1v) is 6.53. The maximum absolute atomic E-state index is 12.3. The second-order valence-corrected chi connectivity index (χ2v) is 5.25. The van der Waals surface area contributed by atoms with Gasteiger partial charge in [0.2, 0.25) is 5.91 Å². The molecule has 1 aromatic heterocycles. The maximum atomic E-state index is 12.3. The van der Waals surface area contributed by atoms with E-state index in [1.807, 2.05) is 31.2 Å². The van der Waals surface area contributed by atoms with Crippen molar-refractivity contribution >= 4 is 24.0 Å². The molecule has 0 saturated carbocycles. The third-order valence-electron chi connectivity index (χ3n) is 3.63. The lowest BCUT2D eigenvalue weighted by molar-refractivity contribution is -0.123. The van der Waals surface area contributed by atoms with Gasteiger partial charge >= 0.3 is 0 Å². The lowest BCUT2D eigenvalue weighted by Gasteiger charge is -2.21. The number of nitrogens with zero attached hydrogens (tertiary/aromatic N) is 4. The molecule has 2 N–H and O–H groups in total. The summed E-state index contributed by atoms with van der Waals surface area (Å²) in [5.74, 6) is 0.0383. The fraction of sp³-hybridized carbons (Fsp3) is 0.385. The first kappa shape index (κ1) is 15.4. The van der Waals surface area contributed by atoms with E-state index in [0.717, 1.165) is 24.3 Å². The zero-order valence-corrected chi connectivity index (χ0v) is 12.4. The molecule has 112 valence electrons. The summed E-state index contributed by atoms with van der Waals surface area (Å²) in [5.41, 5.74) is 1.21. The van der Waals surface area contributed by atoms with Crippen LogP contribution in [0.4, 0.5) is 5.69 Å². The van der Waals surface area contributed by atoms with Crippen molar-refractivity contribution in [3.05, 3.63) is 30.6 Å². The first-order chi connectivity index (χ1) is 9.67. The highest BCUT2D eigenvalue weighted by Crippen LogP contribution is 2.26. The van der Waals surface area contributed by atoms with Crippen LogP contribution in [0.2, 0.25) is 0 Å². The number of hydrogen-bond acceptors (Lipinski definition) is 5. The van der Waals surface area contributed by atoms with E-state index in [1.165, 1.54) is 6.33 Å². The second-order valence-electron chi connectivity index (χ2n) is 5.25. The third-order valence-corrected chi connectivity index (χ3v) is 3.63. The summed E-state index contributed by atoms with van der Waals surface area (Å²) < 4.78 is 1.55. The molecule has 0 radical (unpaired) electrons. The lowest BCUT2D eigenvalue weighted by Crippen LogP contribution is -2.35. The average molecular weight is 309 g/mol. The summed E-state index contributed by atoms with van der Waals surface area (Å²) in [7, 11) is 0. The fourth-order valence-corrected chi connectivity index (χ4v) is 2.30. The topological polar surface area (TPSA) is 84.7 Å². The number of anilines is 1. The molecule has 7 nitrogen and oxygen atoms in total. The Bertz CT molecular complexity index is 609. The molecule has 3 rings (SSSR count). The highest BCUT2D eigenvalue weighted by molar-refractivity contribution is 5.95. The number of amides is 1. The number of halogens is 1. The largest absolute Gasteiger partial charge is 0.326 e. The molecule has 0 aliphatic carbocycles. The number of rotatable bonds is 3. The van der Waals surface area contributed by atoms with E-state index in [-0.39, 0.29) is 23.7 Å². The minimum atomic E-state index is -0.342. The summed E-state index contributed by atoms with van der Waals surface area (Å²) in [4.78, 5) is 12.3. The molecule has 1 aromatic carbocycles. The Labute approximate surface area is 128 Å². The van der Waals surface area contributed by atoms with E-state index in [4.69, 9.17) is 0 Å². The molecule has 1 aliphatic rings. The molecule has 2 aromatic rings. The molecular weight excluding hydrogens is 292 g/mol. The van der Waals surface area contributed by atoms with Crippen LogP contribution in [0.3, 0.4) is 0 Å². The van der Waals surface area contributed by atoms with Crippen LogP contribution < -0.4 is 10.6 Å². The van der Waals surface area contributed by atoms with Crippen molar-refractivity contribution in [1.82, 2.24) is 25.5 Å². The number of nitrogens with one attached hydrogen (secondary N) is 2. The van der Waals surface area contributed by atoms with Crippen molar-refractivity contribution in [2.75, 3.05) is 18.4 Å². The highest BCUT2D eigenvalue weighted by atomic mass is 35.5. The molecule has 1 saturated heterocycles. The fourth-order valence-electron chi connectivity index (χ4n) is 2.30. The van der Waals surface area contributed by atoms with E-state index in [9.17, 15) is 4.79 Å².